The van der Waals surface area contributed by atoms with Gasteiger partial charge in [0.2, 0.25) is 5.91 Å². The summed E-state index contributed by atoms with van der Waals surface area (Å²) < 4.78 is 11.4. The average molecular weight is 405 g/mol. The van der Waals surface area contributed by atoms with Gasteiger partial charge in [-0.05, 0) is 50.0 Å². The van der Waals surface area contributed by atoms with Gasteiger partial charge in [-0.1, -0.05) is 51.5 Å². The molecule has 0 aromatic heterocycles. The first-order valence-corrected chi connectivity index (χ1v) is 11.5. The number of ether oxygens (including phenoxy) is 2. The van der Waals surface area contributed by atoms with Gasteiger partial charge in [-0.25, -0.2) is 0 Å². The maximum atomic E-state index is 12.0. The van der Waals surface area contributed by atoms with Crippen molar-refractivity contribution in [3.63, 3.8) is 0 Å². The number of nitrogens with zero attached hydrogens (tertiary/aromatic N) is 1. The lowest BCUT2D eigenvalue weighted by Gasteiger charge is -2.26. The van der Waals surface area contributed by atoms with E-state index in [1.54, 1.807) is 7.11 Å². The molecule has 1 heterocycles. The Labute approximate surface area is 177 Å². The van der Waals surface area contributed by atoms with Crippen LogP contribution < -0.4 is 14.8 Å². The van der Waals surface area contributed by atoms with Gasteiger partial charge in [-0.3, -0.25) is 9.69 Å². The first kappa shape index (κ1) is 23.5. The Balaban J connectivity index is 1.68. The minimum Gasteiger partial charge on any atom is -0.493 e. The van der Waals surface area contributed by atoms with Gasteiger partial charge in [0.1, 0.15) is 6.61 Å². The highest BCUT2D eigenvalue weighted by atomic mass is 16.5. The lowest BCUT2D eigenvalue weighted by molar-refractivity contribution is -0.121. The van der Waals surface area contributed by atoms with Gasteiger partial charge in [0.15, 0.2) is 11.5 Å². The molecule has 0 radical (unpaired) electrons. The number of hydrogen-bond donors (Lipinski definition) is 1. The zero-order valence-electron chi connectivity index (χ0n) is 18.5. The fraction of sp³-hybridized carbons (Fsp3) is 0.708. The number of methoxy groups -OCH3 is 1. The Morgan fingerprint density at radius 3 is 2.55 bits per heavy atom. The van der Waals surface area contributed by atoms with E-state index in [9.17, 15) is 4.79 Å². The molecule has 1 N–H and O–H groups in total. The second-order valence-electron chi connectivity index (χ2n) is 8.03. The van der Waals surface area contributed by atoms with Crippen LogP contribution in [0.3, 0.4) is 0 Å². The number of nitrogens with one attached hydrogen (secondary N) is 1. The molecule has 0 spiro atoms. The van der Waals surface area contributed by atoms with Crippen LogP contribution in [0.25, 0.3) is 0 Å². The van der Waals surface area contributed by atoms with Crippen LogP contribution in [-0.4, -0.2) is 44.2 Å². The van der Waals surface area contributed by atoms with Gasteiger partial charge in [0.25, 0.3) is 0 Å². The molecule has 0 unspecified atom stereocenters. The third-order valence-corrected chi connectivity index (χ3v) is 5.59. The van der Waals surface area contributed by atoms with Crippen LogP contribution in [0.1, 0.15) is 76.7 Å². The summed E-state index contributed by atoms with van der Waals surface area (Å²) in [6, 6.07) is 5.91. The summed E-state index contributed by atoms with van der Waals surface area (Å²) in [5.41, 5.74) is 1.03. The summed E-state index contributed by atoms with van der Waals surface area (Å²) in [4.78, 5) is 14.5. The molecule has 164 valence electrons. The molecule has 0 bridgehead atoms. The summed E-state index contributed by atoms with van der Waals surface area (Å²) in [6.45, 7) is 6.73. The zero-order valence-corrected chi connectivity index (χ0v) is 18.5. The molecule has 1 aromatic rings. The van der Waals surface area contributed by atoms with Crippen LogP contribution in [0, 0.1) is 0 Å². The van der Waals surface area contributed by atoms with Gasteiger partial charge in [-0.15, -0.1) is 0 Å². The molecule has 1 aromatic carbocycles. The van der Waals surface area contributed by atoms with E-state index in [-0.39, 0.29) is 5.91 Å². The molecule has 2 rings (SSSR count). The van der Waals surface area contributed by atoms with Crippen LogP contribution in [-0.2, 0) is 11.3 Å². The number of carbonyl (C=O) groups is 1. The van der Waals surface area contributed by atoms with Crippen LogP contribution in [0.5, 0.6) is 11.5 Å². The largest absolute Gasteiger partial charge is 0.493 e. The molecule has 29 heavy (non-hydrogen) atoms. The monoisotopic (exact) mass is 404 g/mol. The predicted octanol–water partition coefficient (Wildman–Crippen LogP) is 4.93. The fourth-order valence-electron chi connectivity index (χ4n) is 3.76. The Kier molecular flexibility index (Phi) is 11.6. The van der Waals surface area contributed by atoms with Crippen LogP contribution in [0.4, 0.5) is 0 Å². The zero-order chi connectivity index (χ0) is 20.7. The Morgan fingerprint density at radius 1 is 1.03 bits per heavy atom. The van der Waals surface area contributed by atoms with Gasteiger partial charge < -0.3 is 14.8 Å². The fourth-order valence-corrected chi connectivity index (χ4v) is 3.76. The Morgan fingerprint density at radius 2 is 1.79 bits per heavy atom. The van der Waals surface area contributed by atoms with E-state index >= 15 is 0 Å². The molecule has 5 nitrogen and oxygen atoms in total. The lowest BCUT2D eigenvalue weighted by atomic mass is 10.1. The quantitative estimate of drug-likeness (QED) is 0.447. The van der Waals surface area contributed by atoms with E-state index in [4.69, 9.17) is 9.47 Å². The van der Waals surface area contributed by atoms with E-state index in [1.807, 2.05) is 18.2 Å². The summed E-state index contributed by atoms with van der Waals surface area (Å²) in [5.74, 6) is 1.62. The summed E-state index contributed by atoms with van der Waals surface area (Å²) in [5, 5.41) is 3.02. The van der Waals surface area contributed by atoms with Crippen LogP contribution in [0.2, 0.25) is 0 Å². The molecule has 1 saturated heterocycles. The second kappa shape index (κ2) is 14.3. The van der Waals surface area contributed by atoms with Crippen molar-refractivity contribution in [2.24, 2.45) is 0 Å². The predicted molar refractivity (Wildman–Crippen MR) is 119 cm³/mol. The number of piperidine rings is 1. The summed E-state index contributed by atoms with van der Waals surface area (Å²) >= 11 is 0. The SMILES string of the molecule is CCCCCCCCC(=O)NCc1ccc(OCCN2CCCCC2)c(OC)c1. The maximum absolute atomic E-state index is 12.0. The number of likely N-dealkylation sites (tertiary alicyclic amines) is 1. The van der Waals surface area contributed by atoms with Crippen molar-refractivity contribution in [1.29, 1.82) is 0 Å². The highest BCUT2D eigenvalue weighted by molar-refractivity contribution is 5.75. The molecule has 1 fully saturated rings. The Bertz CT molecular complexity index is 585. The van der Waals surface area contributed by atoms with Gasteiger partial charge >= 0.3 is 0 Å². The van der Waals surface area contributed by atoms with Crippen molar-refractivity contribution in [2.45, 2.75) is 77.7 Å². The average Bonchev–Trinajstić information content (AvgIpc) is 2.76. The molecule has 0 atom stereocenters. The van der Waals surface area contributed by atoms with E-state index in [2.05, 4.69) is 17.1 Å². The highest BCUT2D eigenvalue weighted by Crippen LogP contribution is 2.28. The van der Waals surface area contributed by atoms with Crippen molar-refractivity contribution < 1.29 is 14.3 Å². The molecule has 1 aliphatic heterocycles. The van der Waals surface area contributed by atoms with Gasteiger partial charge in [0.05, 0.1) is 7.11 Å². The van der Waals surface area contributed by atoms with Crippen LogP contribution in [0.15, 0.2) is 18.2 Å². The number of carbonyl (C=O) groups excluding carboxylic acids is 1. The van der Waals surface area contributed by atoms with E-state index < -0.39 is 0 Å². The van der Waals surface area contributed by atoms with Crippen molar-refractivity contribution in [1.82, 2.24) is 10.2 Å². The molecular weight excluding hydrogens is 364 g/mol. The number of amides is 1. The normalized spacial score (nSPS) is 14.6. The standard InChI is InChI=1S/C24H40N2O3/c1-3-4-5-6-7-9-12-24(27)25-20-21-13-14-22(23(19-21)28-2)29-18-17-26-15-10-8-11-16-26/h13-14,19H,3-12,15-18,20H2,1-2H3,(H,25,27). The third kappa shape index (κ3) is 9.53. The van der Waals surface area contributed by atoms with Crippen LogP contribution >= 0.6 is 0 Å². The number of hydrogen-bond acceptors (Lipinski definition) is 4. The number of benzene rings is 1. The molecule has 1 aliphatic rings. The highest BCUT2D eigenvalue weighted by Gasteiger charge is 2.11. The van der Waals surface area contributed by atoms with E-state index in [0.717, 1.165) is 36.4 Å². The maximum Gasteiger partial charge on any atom is 0.220 e. The molecule has 1 amide bonds. The Hall–Kier alpha value is -1.75. The molecular formula is C24H40N2O3. The van der Waals surface area contributed by atoms with E-state index in [0.29, 0.717) is 19.6 Å². The minimum absolute atomic E-state index is 0.126. The third-order valence-electron chi connectivity index (χ3n) is 5.59. The minimum atomic E-state index is 0.126. The van der Waals surface area contributed by atoms with Crippen molar-refractivity contribution in [3.05, 3.63) is 23.8 Å². The molecule has 0 saturated carbocycles. The first-order chi connectivity index (χ1) is 14.2. The smallest absolute Gasteiger partial charge is 0.220 e. The molecule has 0 aliphatic carbocycles. The summed E-state index contributed by atoms with van der Waals surface area (Å²) in [7, 11) is 1.66. The summed E-state index contributed by atoms with van der Waals surface area (Å²) in [6.07, 6.45) is 11.7. The second-order valence-corrected chi connectivity index (χ2v) is 8.03. The molecule has 5 heteroatoms. The topological polar surface area (TPSA) is 50.8 Å². The lowest BCUT2D eigenvalue weighted by Crippen LogP contribution is -2.33. The number of unbranched alkanes of at least 4 members (excludes halogenated alkanes) is 5. The van der Waals surface area contributed by atoms with E-state index in [1.165, 1.54) is 58.0 Å². The van der Waals surface area contributed by atoms with Crippen molar-refractivity contribution >= 4 is 5.91 Å². The van der Waals surface area contributed by atoms with Gasteiger partial charge in [-0.2, -0.15) is 0 Å². The van der Waals surface area contributed by atoms with Gasteiger partial charge in [0, 0.05) is 19.5 Å². The van der Waals surface area contributed by atoms with Crippen molar-refractivity contribution in [3.8, 4) is 11.5 Å². The first-order valence-electron chi connectivity index (χ1n) is 11.5. The van der Waals surface area contributed by atoms with Crippen molar-refractivity contribution in [2.75, 3.05) is 33.4 Å². The number of rotatable bonds is 14.